The molecule has 0 aromatic heterocycles. The third-order valence-corrected chi connectivity index (χ3v) is 5.36. The molecule has 0 radical (unpaired) electrons. The van der Waals surface area contributed by atoms with Crippen LogP contribution in [0.5, 0.6) is 0 Å². The summed E-state index contributed by atoms with van der Waals surface area (Å²) >= 11 is 0. The van der Waals surface area contributed by atoms with Gasteiger partial charge in [-0.1, -0.05) is 0 Å². The van der Waals surface area contributed by atoms with Crippen LogP contribution in [0.1, 0.15) is 19.8 Å². The highest BCUT2D eigenvalue weighted by Gasteiger charge is 2.29. The monoisotopic (exact) mass is 319 g/mol. The summed E-state index contributed by atoms with van der Waals surface area (Å²) < 4.78 is 53.9. The minimum absolute atomic E-state index is 0.133. The Bertz CT molecular complexity index is 637. The molecule has 0 spiro atoms. The summed E-state index contributed by atoms with van der Waals surface area (Å²) in [6.07, 6.45) is 1.23. The van der Waals surface area contributed by atoms with Crippen LogP contribution in [0.3, 0.4) is 0 Å². The van der Waals surface area contributed by atoms with Crippen LogP contribution in [0, 0.1) is 11.6 Å². The average Bonchev–Trinajstić information content (AvgIpc) is 2.37. The Morgan fingerprint density at radius 3 is 2.67 bits per heavy atom. The minimum Gasteiger partial charge on any atom is -0.399 e. The van der Waals surface area contributed by atoms with E-state index >= 15 is 0 Å². The van der Waals surface area contributed by atoms with Crippen LogP contribution < -0.4 is 10.5 Å². The van der Waals surface area contributed by atoms with Crippen molar-refractivity contribution in [3.8, 4) is 0 Å². The molecule has 1 aliphatic rings. The van der Waals surface area contributed by atoms with E-state index in [1.165, 1.54) is 0 Å². The quantitative estimate of drug-likeness (QED) is 0.824. The molecule has 0 bridgehead atoms. The molecule has 1 aromatic rings. The van der Waals surface area contributed by atoms with Crippen LogP contribution >= 0.6 is 0 Å². The molecule has 0 amide bonds. The van der Waals surface area contributed by atoms with E-state index in [0.29, 0.717) is 12.8 Å². The van der Waals surface area contributed by atoms with E-state index in [2.05, 4.69) is 9.62 Å². The lowest BCUT2D eigenvalue weighted by Gasteiger charge is -2.35. The number of anilines is 1. The first-order valence-corrected chi connectivity index (χ1v) is 8.16. The number of halogens is 2. The second kappa shape index (κ2) is 5.86. The Morgan fingerprint density at radius 1 is 1.38 bits per heavy atom. The van der Waals surface area contributed by atoms with E-state index in [-0.39, 0.29) is 17.8 Å². The van der Waals surface area contributed by atoms with Crippen LogP contribution in [-0.4, -0.2) is 39.0 Å². The Hall–Kier alpha value is -1.25. The van der Waals surface area contributed by atoms with Crippen LogP contribution in [0.2, 0.25) is 0 Å². The van der Waals surface area contributed by atoms with Crippen molar-refractivity contribution in [1.29, 1.82) is 0 Å². The zero-order chi connectivity index (χ0) is 15.8. The number of sulfonamides is 1. The summed E-state index contributed by atoms with van der Waals surface area (Å²) in [7, 11) is -2.18. The number of hydrogen-bond donors (Lipinski definition) is 2. The molecule has 1 aromatic carbocycles. The molecule has 118 valence electrons. The Labute approximate surface area is 123 Å². The molecular weight excluding hydrogens is 300 g/mol. The maximum atomic E-state index is 13.7. The van der Waals surface area contributed by atoms with Crippen LogP contribution in [-0.2, 0) is 10.0 Å². The van der Waals surface area contributed by atoms with Gasteiger partial charge in [0.15, 0.2) is 11.6 Å². The smallest absolute Gasteiger partial charge is 0.243 e. The first kappa shape index (κ1) is 16.1. The summed E-state index contributed by atoms with van der Waals surface area (Å²) in [6.45, 7) is 2.73. The maximum absolute atomic E-state index is 13.7. The Balaban J connectivity index is 2.23. The lowest BCUT2D eigenvalue weighted by Crippen LogP contribution is -2.47. The van der Waals surface area contributed by atoms with Gasteiger partial charge in [0.05, 0.1) is 0 Å². The predicted molar refractivity (Wildman–Crippen MR) is 76.2 cm³/mol. The number of benzene rings is 1. The summed E-state index contributed by atoms with van der Waals surface area (Å²) in [5.74, 6) is -2.68. The molecule has 2 unspecified atom stereocenters. The minimum atomic E-state index is -4.14. The summed E-state index contributed by atoms with van der Waals surface area (Å²) in [6, 6.07) is 1.60. The molecular formula is C13H19F2N3O2S. The van der Waals surface area contributed by atoms with Gasteiger partial charge in [0.2, 0.25) is 10.0 Å². The van der Waals surface area contributed by atoms with Crippen molar-refractivity contribution < 1.29 is 17.2 Å². The fraction of sp³-hybridized carbons (Fsp3) is 0.538. The van der Waals surface area contributed by atoms with Crippen LogP contribution in [0.4, 0.5) is 14.5 Å². The molecule has 0 saturated carbocycles. The highest BCUT2D eigenvalue weighted by Crippen LogP contribution is 2.23. The molecule has 8 heteroatoms. The number of nitrogen functional groups attached to an aromatic ring is 1. The van der Waals surface area contributed by atoms with E-state index in [4.69, 9.17) is 5.73 Å². The van der Waals surface area contributed by atoms with Gasteiger partial charge in [-0.15, -0.1) is 0 Å². The predicted octanol–water partition coefficient (Wildman–Crippen LogP) is 1.31. The van der Waals surface area contributed by atoms with E-state index < -0.39 is 26.6 Å². The van der Waals surface area contributed by atoms with Crippen molar-refractivity contribution in [3.05, 3.63) is 23.8 Å². The fourth-order valence-electron chi connectivity index (χ4n) is 2.46. The molecule has 2 rings (SSSR count). The largest absolute Gasteiger partial charge is 0.399 e. The van der Waals surface area contributed by atoms with Gasteiger partial charge in [0.25, 0.3) is 0 Å². The number of rotatable bonds is 3. The van der Waals surface area contributed by atoms with Crippen molar-refractivity contribution in [3.63, 3.8) is 0 Å². The molecule has 2 atom stereocenters. The summed E-state index contributed by atoms with van der Waals surface area (Å²) in [5, 5.41) is 0. The number of nitrogens with two attached hydrogens (primary N) is 1. The van der Waals surface area contributed by atoms with Crippen molar-refractivity contribution in [2.24, 2.45) is 0 Å². The third kappa shape index (κ3) is 3.50. The van der Waals surface area contributed by atoms with E-state index in [1.807, 2.05) is 14.0 Å². The maximum Gasteiger partial charge on any atom is 0.243 e. The van der Waals surface area contributed by atoms with Crippen LogP contribution in [0.25, 0.3) is 0 Å². The van der Waals surface area contributed by atoms with Gasteiger partial charge in [0.1, 0.15) is 4.90 Å². The van der Waals surface area contributed by atoms with Gasteiger partial charge in [-0.05, 0) is 45.5 Å². The number of likely N-dealkylation sites (tertiary alicyclic amines) is 1. The zero-order valence-corrected chi connectivity index (χ0v) is 12.8. The van der Waals surface area contributed by atoms with Gasteiger partial charge in [-0.2, -0.15) is 0 Å². The fourth-order valence-corrected chi connectivity index (χ4v) is 3.86. The number of nitrogens with one attached hydrogen (secondary N) is 1. The summed E-state index contributed by atoms with van der Waals surface area (Å²) in [4.78, 5) is 1.37. The van der Waals surface area contributed by atoms with Crippen molar-refractivity contribution >= 4 is 15.7 Å². The number of piperidine rings is 1. The molecule has 1 aliphatic heterocycles. The molecule has 1 heterocycles. The average molecular weight is 319 g/mol. The molecule has 0 aliphatic carbocycles. The molecule has 5 nitrogen and oxygen atoms in total. The van der Waals surface area contributed by atoms with Gasteiger partial charge < -0.3 is 10.6 Å². The third-order valence-electron chi connectivity index (χ3n) is 3.84. The lowest BCUT2D eigenvalue weighted by molar-refractivity contribution is 0.178. The van der Waals surface area contributed by atoms with Crippen molar-refractivity contribution in [1.82, 2.24) is 9.62 Å². The topological polar surface area (TPSA) is 75.4 Å². The first-order valence-electron chi connectivity index (χ1n) is 6.68. The zero-order valence-electron chi connectivity index (χ0n) is 11.9. The van der Waals surface area contributed by atoms with Crippen molar-refractivity contribution in [2.45, 2.75) is 36.7 Å². The van der Waals surface area contributed by atoms with E-state index in [1.54, 1.807) is 0 Å². The highest BCUT2D eigenvalue weighted by molar-refractivity contribution is 7.89. The normalized spacial score (nSPS) is 24.2. The van der Waals surface area contributed by atoms with E-state index in [0.717, 1.165) is 18.7 Å². The first-order chi connectivity index (χ1) is 9.70. The highest BCUT2D eigenvalue weighted by atomic mass is 32.2. The number of hydrogen-bond acceptors (Lipinski definition) is 4. The number of nitrogens with zero attached hydrogens (tertiary/aromatic N) is 1. The van der Waals surface area contributed by atoms with Gasteiger partial charge in [0, 0.05) is 17.8 Å². The van der Waals surface area contributed by atoms with Crippen molar-refractivity contribution in [2.75, 3.05) is 19.3 Å². The molecule has 1 saturated heterocycles. The molecule has 3 N–H and O–H groups in total. The SMILES string of the molecule is CC1CC(NS(=O)(=O)c2cc(N)cc(F)c2F)CCN1C. The van der Waals surface area contributed by atoms with Gasteiger partial charge in [-0.3, -0.25) is 0 Å². The van der Waals surface area contributed by atoms with Gasteiger partial charge in [-0.25, -0.2) is 21.9 Å². The molecule has 21 heavy (non-hydrogen) atoms. The molecule has 1 fully saturated rings. The van der Waals surface area contributed by atoms with Crippen LogP contribution in [0.15, 0.2) is 17.0 Å². The van der Waals surface area contributed by atoms with Gasteiger partial charge >= 0.3 is 0 Å². The Kier molecular flexibility index (Phi) is 4.50. The lowest BCUT2D eigenvalue weighted by atomic mass is 10.0. The summed E-state index contributed by atoms with van der Waals surface area (Å²) in [5.41, 5.74) is 5.26. The van der Waals surface area contributed by atoms with E-state index in [9.17, 15) is 17.2 Å². The second-order valence-electron chi connectivity index (χ2n) is 5.49. The Morgan fingerprint density at radius 2 is 2.05 bits per heavy atom. The second-order valence-corrected chi connectivity index (χ2v) is 7.17. The standard InChI is InChI=1S/C13H19F2N3O2S/c1-8-5-10(3-4-18(8)2)17-21(19,20)12-7-9(16)6-11(14)13(12)15/h6-8,10,17H,3-5,16H2,1-2H3.